The number of nitrogens with zero attached hydrogens (tertiary/aromatic N) is 2. The second kappa shape index (κ2) is 6.65. The number of carboxylic acids is 1. The highest BCUT2D eigenvalue weighted by Crippen LogP contribution is 2.44. The van der Waals surface area contributed by atoms with Crippen molar-refractivity contribution in [1.29, 1.82) is 0 Å². The lowest BCUT2D eigenvalue weighted by atomic mass is 9.92. The van der Waals surface area contributed by atoms with Gasteiger partial charge in [-0.25, -0.2) is 0 Å². The lowest BCUT2D eigenvalue weighted by Crippen LogP contribution is -2.44. The Kier molecular flexibility index (Phi) is 4.71. The summed E-state index contributed by atoms with van der Waals surface area (Å²) in [6, 6.07) is 0. The number of carboxylic acid groups (broad SMARTS) is 1. The van der Waals surface area contributed by atoms with Gasteiger partial charge >= 0.3 is 23.8 Å². The Balaban J connectivity index is 1.66. The molecule has 0 radical (unpaired) electrons. The fraction of sp³-hybridized carbons (Fsp3) is 0.765. The molecule has 0 spiro atoms. The van der Waals surface area contributed by atoms with Gasteiger partial charge in [0.1, 0.15) is 0 Å². The molecule has 3 fully saturated rings. The van der Waals surface area contributed by atoms with Crippen molar-refractivity contribution in [2.45, 2.75) is 19.8 Å². The van der Waals surface area contributed by atoms with E-state index in [2.05, 4.69) is 0 Å². The number of esters is 1. The Labute approximate surface area is 146 Å². The fourth-order valence-electron chi connectivity index (χ4n) is 4.12. The molecule has 0 aromatic heterocycles. The maximum absolute atomic E-state index is 12.6. The lowest BCUT2D eigenvalue weighted by Gasteiger charge is -2.20. The molecule has 25 heavy (non-hydrogen) atoms. The molecule has 138 valence electrons. The summed E-state index contributed by atoms with van der Waals surface area (Å²) in [5.74, 6) is -3.33. The topological polar surface area (TPSA) is 104 Å². The molecule has 1 aliphatic carbocycles. The number of carbonyl (C=O) groups is 4. The van der Waals surface area contributed by atoms with E-state index in [-0.39, 0.29) is 43.4 Å². The van der Waals surface area contributed by atoms with Crippen molar-refractivity contribution in [3.05, 3.63) is 0 Å². The third-order valence-corrected chi connectivity index (χ3v) is 5.78. The Morgan fingerprint density at radius 3 is 1.96 bits per heavy atom. The van der Waals surface area contributed by atoms with Crippen LogP contribution in [0.2, 0.25) is 0 Å². The van der Waals surface area contributed by atoms with Gasteiger partial charge in [-0.2, -0.15) is 0 Å². The first-order chi connectivity index (χ1) is 11.8. The van der Waals surface area contributed by atoms with Crippen LogP contribution in [-0.4, -0.2) is 71.9 Å². The summed E-state index contributed by atoms with van der Waals surface area (Å²) in [6.07, 6.45) is 2.08. The summed E-state index contributed by atoms with van der Waals surface area (Å²) < 4.78 is 4.85. The van der Waals surface area contributed by atoms with Crippen LogP contribution in [0, 0.1) is 29.6 Å². The maximum atomic E-state index is 12.6. The van der Waals surface area contributed by atoms with Crippen molar-refractivity contribution in [1.82, 2.24) is 9.80 Å². The number of methoxy groups -OCH3 is 1. The van der Waals surface area contributed by atoms with Crippen LogP contribution < -0.4 is 0 Å². The van der Waals surface area contributed by atoms with Crippen LogP contribution in [0.3, 0.4) is 0 Å². The molecule has 8 heteroatoms. The summed E-state index contributed by atoms with van der Waals surface area (Å²) in [6.45, 7) is 2.68. The normalized spacial score (nSPS) is 31.9. The standard InChI is InChI=1S/C17H24N2O6/c1-9-5-18(6-11(9)16(22)23)14(20)15(21)19-7-12(10-3-4-10)13(8-19)17(24)25-2/h9-13H,3-8H2,1-2H3,(H,22,23)/t9-,11-,12+,13-/m1/s1. The minimum atomic E-state index is -0.948. The van der Waals surface area contributed by atoms with Gasteiger partial charge in [0, 0.05) is 26.2 Å². The van der Waals surface area contributed by atoms with Crippen LogP contribution >= 0.6 is 0 Å². The summed E-state index contributed by atoms with van der Waals surface area (Å²) in [4.78, 5) is 51.1. The van der Waals surface area contributed by atoms with Crippen LogP contribution in [0.15, 0.2) is 0 Å². The van der Waals surface area contributed by atoms with E-state index < -0.39 is 23.7 Å². The average molecular weight is 352 g/mol. The molecule has 3 aliphatic rings. The predicted octanol–water partition coefficient (Wildman–Crippen LogP) is -0.177. The smallest absolute Gasteiger partial charge is 0.312 e. The fourth-order valence-corrected chi connectivity index (χ4v) is 4.12. The number of amides is 2. The Morgan fingerprint density at radius 1 is 0.920 bits per heavy atom. The first-order valence-electron chi connectivity index (χ1n) is 8.72. The van der Waals surface area contributed by atoms with Crippen LogP contribution in [0.1, 0.15) is 19.8 Å². The molecule has 3 rings (SSSR count). The number of ether oxygens (including phenoxy) is 1. The van der Waals surface area contributed by atoms with E-state index in [0.717, 1.165) is 12.8 Å². The van der Waals surface area contributed by atoms with Crippen molar-refractivity contribution < 1.29 is 29.0 Å². The number of hydrogen-bond acceptors (Lipinski definition) is 5. The molecule has 2 amide bonds. The summed E-state index contributed by atoms with van der Waals surface area (Å²) in [5, 5.41) is 9.17. The molecule has 4 atom stereocenters. The highest BCUT2D eigenvalue weighted by atomic mass is 16.5. The van der Waals surface area contributed by atoms with Crippen LogP contribution in [0.5, 0.6) is 0 Å². The predicted molar refractivity (Wildman–Crippen MR) is 85.2 cm³/mol. The molecule has 1 saturated carbocycles. The molecule has 2 saturated heterocycles. The Bertz CT molecular complexity index is 602. The molecule has 1 N–H and O–H groups in total. The summed E-state index contributed by atoms with van der Waals surface area (Å²) >= 11 is 0. The Hall–Kier alpha value is -2.12. The molecule has 2 aliphatic heterocycles. The number of aliphatic carboxylic acids is 1. The van der Waals surface area contributed by atoms with E-state index >= 15 is 0 Å². The summed E-state index contributed by atoms with van der Waals surface area (Å²) in [7, 11) is 1.33. The third kappa shape index (κ3) is 3.34. The van der Waals surface area contributed by atoms with Crippen molar-refractivity contribution in [3.8, 4) is 0 Å². The van der Waals surface area contributed by atoms with E-state index in [1.165, 1.54) is 16.9 Å². The molecule has 0 unspecified atom stereocenters. The number of likely N-dealkylation sites (tertiary alicyclic amines) is 2. The largest absolute Gasteiger partial charge is 0.481 e. The van der Waals surface area contributed by atoms with E-state index in [9.17, 15) is 24.3 Å². The summed E-state index contributed by atoms with van der Waals surface area (Å²) in [5.41, 5.74) is 0. The molecule has 0 aromatic carbocycles. The van der Waals surface area contributed by atoms with Gasteiger partial charge < -0.3 is 19.6 Å². The molecule has 2 heterocycles. The van der Waals surface area contributed by atoms with Gasteiger partial charge in [-0.05, 0) is 30.6 Å². The van der Waals surface area contributed by atoms with Crippen molar-refractivity contribution in [2.24, 2.45) is 29.6 Å². The number of rotatable bonds is 3. The second-order valence-electron chi connectivity index (χ2n) is 7.47. The molecule has 0 bridgehead atoms. The van der Waals surface area contributed by atoms with Gasteiger partial charge in [0.05, 0.1) is 18.9 Å². The van der Waals surface area contributed by atoms with Gasteiger partial charge in [-0.15, -0.1) is 0 Å². The third-order valence-electron chi connectivity index (χ3n) is 5.78. The first kappa shape index (κ1) is 17.7. The molecule has 0 aromatic rings. The lowest BCUT2D eigenvalue weighted by molar-refractivity contribution is -0.152. The number of hydrogen-bond donors (Lipinski definition) is 1. The monoisotopic (exact) mass is 352 g/mol. The SMILES string of the molecule is COC(=O)[C@@H]1CN(C(=O)C(=O)N2C[C@@H](C)[C@H](C(=O)O)C2)C[C@H]1C1CC1. The highest BCUT2D eigenvalue weighted by Gasteiger charge is 2.49. The molecular weight excluding hydrogens is 328 g/mol. The van der Waals surface area contributed by atoms with Crippen LogP contribution in [0.25, 0.3) is 0 Å². The van der Waals surface area contributed by atoms with Gasteiger partial charge in [0.15, 0.2) is 0 Å². The average Bonchev–Trinajstić information content (AvgIpc) is 3.21. The molecule has 8 nitrogen and oxygen atoms in total. The quantitative estimate of drug-likeness (QED) is 0.558. The van der Waals surface area contributed by atoms with E-state index in [0.29, 0.717) is 12.5 Å². The second-order valence-corrected chi connectivity index (χ2v) is 7.47. The van der Waals surface area contributed by atoms with Gasteiger partial charge in [-0.3, -0.25) is 19.2 Å². The van der Waals surface area contributed by atoms with Gasteiger partial charge in [-0.1, -0.05) is 6.92 Å². The first-order valence-corrected chi connectivity index (χ1v) is 8.72. The van der Waals surface area contributed by atoms with Gasteiger partial charge in [0.25, 0.3) is 0 Å². The van der Waals surface area contributed by atoms with Crippen molar-refractivity contribution in [3.63, 3.8) is 0 Å². The zero-order chi connectivity index (χ0) is 18.3. The van der Waals surface area contributed by atoms with E-state index in [1.54, 1.807) is 6.92 Å². The van der Waals surface area contributed by atoms with Crippen LogP contribution in [0.4, 0.5) is 0 Å². The Morgan fingerprint density at radius 2 is 1.48 bits per heavy atom. The zero-order valence-electron chi connectivity index (χ0n) is 14.5. The van der Waals surface area contributed by atoms with Crippen LogP contribution in [-0.2, 0) is 23.9 Å². The van der Waals surface area contributed by atoms with E-state index in [1.807, 2.05) is 0 Å². The zero-order valence-corrected chi connectivity index (χ0v) is 14.5. The maximum Gasteiger partial charge on any atom is 0.312 e. The number of carbonyl (C=O) groups excluding carboxylic acids is 3. The van der Waals surface area contributed by atoms with Gasteiger partial charge in [0.2, 0.25) is 0 Å². The van der Waals surface area contributed by atoms with Crippen molar-refractivity contribution in [2.75, 3.05) is 33.3 Å². The van der Waals surface area contributed by atoms with Crippen molar-refractivity contribution >= 4 is 23.8 Å². The molecular formula is C17H24N2O6. The van der Waals surface area contributed by atoms with E-state index in [4.69, 9.17) is 4.74 Å². The minimum Gasteiger partial charge on any atom is -0.481 e. The highest BCUT2D eigenvalue weighted by molar-refractivity contribution is 6.35. The minimum absolute atomic E-state index is 0.0495.